The van der Waals surface area contributed by atoms with E-state index in [-0.39, 0.29) is 17.2 Å². The van der Waals surface area contributed by atoms with Gasteiger partial charge in [0.25, 0.3) is 0 Å². The molecular weight excluding hydrogens is 366 g/mol. The number of amides is 3. The second-order valence-electron chi connectivity index (χ2n) is 9.55. The summed E-state index contributed by atoms with van der Waals surface area (Å²) in [6, 6.07) is 8.12. The SMILES string of the molecule is C[C@H](NC(=O)C(Cc1ccccc1)NC(=O)C12CC3CC(CC(C3)C1)C2)C(N)=O. The second kappa shape index (κ2) is 7.81. The predicted octanol–water partition coefficient (Wildman–Crippen LogP) is 1.92. The Morgan fingerprint density at radius 2 is 1.55 bits per heavy atom. The molecule has 29 heavy (non-hydrogen) atoms. The summed E-state index contributed by atoms with van der Waals surface area (Å²) < 4.78 is 0. The van der Waals surface area contributed by atoms with Crippen LogP contribution < -0.4 is 16.4 Å². The molecule has 0 spiro atoms. The number of primary amides is 1. The molecule has 156 valence electrons. The van der Waals surface area contributed by atoms with Gasteiger partial charge in [-0.3, -0.25) is 14.4 Å². The molecule has 0 aromatic heterocycles. The van der Waals surface area contributed by atoms with E-state index in [1.54, 1.807) is 6.92 Å². The summed E-state index contributed by atoms with van der Waals surface area (Å²) in [5, 5.41) is 5.71. The van der Waals surface area contributed by atoms with E-state index < -0.39 is 18.0 Å². The van der Waals surface area contributed by atoms with Gasteiger partial charge in [-0.25, -0.2) is 0 Å². The van der Waals surface area contributed by atoms with Crippen LogP contribution in [0.1, 0.15) is 51.0 Å². The molecule has 0 radical (unpaired) electrons. The fourth-order valence-electron chi connectivity index (χ4n) is 6.14. The Kier molecular flexibility index (Phi) is 5.36. The number of hydrogen-bond acceptors (Lipinski definition) is 3. The highest BCUT2D eigenvalue weighted by Gasteiger charge is 2.54. The van der Waals surface area contributed by atoms with Gasteiger partial charge in [0.05, 0.1) is 0 Å². The smallest absolute Gasteiger partial charge is 0.243 e. The van der Waals surface area contributed by atoms with Crippen LogP contribution in [-0.4, -0.2) is 29.8 Å². The molecule has 0 heterocycles. The van der Waals surface area contributed by atoms with E-state index >= 15 is 0 Å². The third-order valence-electron chi connectivity index (χ3n) is 7.21. The van der Waals surface area contributed by atoms with Crippen LogP contribution in [0.3, 0.4) is 0 Å². The summed E-state index contributed by atoms with van der Waals surface area (Å²) in [7, 11) is 0. The summed E-state index contributed by atoms with van der Waals surface area (Å²) in [4.78, 5) is 37.7. The van der Waals surface area contributed by atoms with Crippen LogP contribution in [0, 0.1) is 23.2 Å². The quantitative estimate of drug-likeness (QED) is 0.655. The Morgan fingerprint density at radius 1 is 1.00 bits per heavy atom. The van der Waals surface area contributed by atoms with E-state index in [2.05, 4.69) is 10.6 Å². The van der Waals surface area contributed by atoms with Gasteiger partial charge in [-0.15, -0.1) is 0 Å². The average molecular weight is 398 g/mol. The number of nitrogens with one attached hydrogen (secondary N) is 2. The van der Waals surface area contributed by atoms with Crippen LogP contribution in [0.4, 0.5) is 0 Å². The molecule has 0 aliphatic heterocycles. The first-order valence-corrected chi connectivity index (χ1v) is 10.8. The molecular formula is C23H31N3O3. The highest BCUT2D eigenvalue weighted by Crippen LogP contribution is 2.60. The third-order valence-corrected chi connectivity index (χ3v) is 7.21. The zero-order valence-corrected chi connectivity index (χ0v) is 17.0. The first-order chi connectivity index (χ1) is 13.8. The number of benzene rings is 1. The normalized spacial score (nSPS) is 31.7. The number of hydrogen-bond donors (Lipinski definition) is 3. The zero-order chi connectivity index (χ0) is 20.6. The summed E-state index contributed by atoms with van der Waals surface area (Å²) in [5.74, 6) is 1.02. The molecule has 1 aromatic carbocycles. The van der Waals surface area contributed by atoms with Gasteiger partial charge in [-0.2, -0.15) is 0 Å². The van der Waals surface area contributed by atoms with Crippen LogP contribution in [0.25, 0.3) is 0 Å². The van der Waals surface area contributed by atoms with Crippen molar-refractivity contribution in [3.8, 4) is 0 Å². The van der Waals surface area contributed by atoms with Crippen LogP contribution >= 0.6 is 0 Å². The molecule has 6 heteroatoms. The molecule has 4 bridgehead atoms. The topological polar surface area (TPSA) is 101 Å². The minimum Gasteiger partial charge on any atom is -0.368 e. The molecule has 5 rings (SSSR count). The van der Waals surface area contributed by atoms with E-state index in [4.69, 9.17) is 5.73 Å². The largest absolute Gasteiger partial charge is 0.368 e. The van der Waals surface area contributed by atoms with Gasteiger partial charge in [-0.1, -0.05) is 30.3 Å². The van der Waals surface area contributed by atoms with Gasteiger partial charge in [0, 0.05) is 11.8 Å². The molecule has 2 atom stereocenters. The van der Waals surface area contributed by atoms with Gasteiger partial charge in [0.15, 0.2) is 0 Å². The number of carbonyl (C=O) groups excluding carboxylic acids is 3. The predicted molar refractivity (Wildman–Crippen MR) is 109 cm³/mol. The van der Waals surface area contributed by atoms with E-state index in [9.17, 15) is 14.4 Å². The molecule has 1 aromatic rings. The van der Waals surface area contributed by atoms with Crippen molar-refractivity contribution in [3.05, 3.63) is 35.9 Å². The molecule has 4 N–H and O–H groups in total. The van der Waals surface area contributed by atoms with Crippen LogP contribution in [0.2, 0.25) is 0 Å². The number of carbonyl (C=O) groups is 3. The molecule has 3 amide bonds. The summed E-state index contributed by atoms with van der Waals surface area (Å²) >= 11 is 0. The molecule has 1 unspecified atom stereocenters. The van der Waals surface area contributed by atoms with Gasteiger partial charge < -0.3 is 16.4 Å². The van der Waals surface area contributed by atoms with Gasteiger partial charge in [0.2, 0.25) is 17.7 Å². The fourth-order valence-corrected chi connectivity index (χ4v) is 6.14. The molecule has 4 aliphatic carbocycles. The maximum Gasteiger partial charge on any atom is 0.243 e. The fraction of sp³-hybridized carbons (Fsp3) is 0.609. The Morgan fingerprint density at radius 3 is 2.07 bits per heavy atom. The third kappa shape index (κ3) is 4.16. The highest BCUT2D eigenvalue weighted by molar-refractivity contribution is 5.93. The lowest BCUT2D eigenvalue weighted by atomic mass is 9.49. The van der Waals surface area contributed by atoms with Crippen molar-refractivity contribution < 1.29 is 14.4 Å². The van der Waals surface area contributed by atoms with E-state index in [0.29, 0.717) is 24.2 Å². The van der Waals surface area contributed by atoms with Crippen molar-refractivity contribution in [1.82, 2.24) is 10.6 Å². The Hall–Kier alpha value is -2.37. The monoisotopic (exact) mass is 397 g/mol. The van der Waals surface area contributed by atoms with E-state index in [1.165, 1.54) is 19.3 Å². The lowest BCUT2D eigenvalue weighted by Crippen LogP contribution is -2.58. The molecule has 4 saturated carbocycles. The first kappa shape index (κ1) is 19.9. The summed E-state index contributed by atoms with van der Waals surface area (Å²) in [5.41, 5.74) is 5.94. The van der Waals surface area contributed by atoms with Crippen molar-refractivity contribution in [3.63, 3.8) is 0 Å². The van der Waals surface area contributed by atoms with Gasteiger partial charge in [0.1, 0.15) is 12.1 Å². The van der Waals surface area contributed by atoms with Crippen molar-refractivity contribution >= 4 is 17.7 Å². The highest BCUT2D eigenvalue weighted by atomic mass is 16.2. The van der Waals surface area contributed by atoms with Crippen molar-refractivity contribution in [2.24, 2.45) is 28.9 Å². The molecule has 0 saturated heterocycles. The van der Waals surface area contributed by atoms with Crippen LogP contribution in [0.5, 0.6) is 0 Å². The number of nitrogens with two attached hydrogens (primary N) is 1. The van der Waals surface area contributed by atoms with E-state index in [0.717, 1.165) is 24.8 Å². The lowest BCUT2D eigenvalue weighted by molar-refractivity contribution is -0.148. The maximum atomic E-state index is 13.4. The summed E-state index contributed by atoms with van der Waals surface area (Å²) in [6.07, 6.45) is 7.01. The zero-order valence-electron chi connectivity index (χ0n) is 17.0. The Balaban J connectivity index is 1.50. The average Bonchev–Trinajstić information content (AvgIpc) is 2.67. The summed E-state index contributed by atoms with van der Waals surface area (Å²) in [6.45, 7) is 1.56. The van der Waals surface area contributed by atoms with Crippen molar-refractivity contribution in [2.75, 3.05) is 0 Å². The lowest BCUT2D eigenvalue weighted by Gasteiger charge is -2.55. The maximum absolute atomic E-state index is 13.4. The van der Waals surface area contributed by atoms with Gasteiger partial charge in [-0.05, 0) is 68.8 Å². The molecule has 6 nitrogen and oxygen atoms in total. The standard InChI is InChI=1S/C23H31N3O3/c1-14(20(24)27)25-21(28)19(10-15-5-3-2-4-6-15)26-22(29)23-11-16-7-17(12-23)9-18(8-16)13-23/h2-6,14,16-19H,7-13H2,1H3,(H2,24,27)(H,25,28)(H,26,29)/t14-,16?,17?,18?,19?,23?/m0/s1. The molecule has 4 fully saturated rings. The minimum absolute atomic E-state index is 0.0133. The first-order valence-electron chi connectivity index (χ1n) is 10.8. The van der Waals surface area contributed by atoms with Crippen molar-refractivity contribution in [2.45, 2.75) is 64.0 Å². The van der Waals surface area contributed by atoms with Gasteiger partial charge >= 0.3 is 0 Å². The minimum atomic E-state index is -0.780. The van der Waals surface area contributed by atoms with Crippen molar-refractivity contribution in [1.29, 1.82) is 0 Å². The molecule has 4 aliphatic rings. The Bertz CT molecular complexity index is 757. The number of rotatable bonds is 7. The second-order valence-corrected chi connectivity index (χ2v) is 9.55. The van der Waals surface area contributed by atoms with Crippen LogP contribution in [-0.2, 0) is 20.8 Å². The van der Waals surface area contributed by atoms with Crippen LogP contribution in [0.15, 0.2) is 30.3 Å². The van der Waals surface area contributed by atoms with E-state index in [1.807, 2.05) is 30.3 Å². The Labute approximate surface area is 172 Å².